The Kier molecular flexibility index (Phi) is 4.63. The molecule has 136 valence electrons. The number of urea groups is 1. The number of nitrogens with zero attached hydrogens (tertiary/aromatic N) is 2. The Morgan fingerprint density at radius 3 is 2.50 bits per heavy atom. The Labute approximate surface area is 156 Å². The van der Waals surface area contributed by atoms with Crippen LogP contribution < -0.4 is 10.6 Å². The first kappa shape index (κ1) is 18.2. The molecule has 2 aliphatic rings. The molecule has 2 fully saturated rings. The van der Waals surface area contributed by atoms with Crippen molar-refractivity contribution in [2.75, 3.05) is 6.54 Å². The molecule has 1 heterocycles. The van der Waals surface area contributed by atoms with Crippen molar-refractivity contribution in [1.82, 2.24) is 15.5 Å². The maximum absolute atomic E-state index is 12.8. The van der Waals surface area contributed by atoms with E-state index in [2.05, 4.69) is 16.7 Å². The number of nitrogens with one attached hydrogen (secondary N) is 2. The average molecular weight is 375 g/mol. The monoisotopic (exact) mass is 374 g/mol. The lowest BCUT2D eigenvalue weighted by molar-refractivity contribution is -0.135. The third-order valence-electron chi connectivity index (χ3n) is 5.05. The number of imide groups is 1. The quantitative estimate of drug-likeness (QED) is 0.787. The molecule has 1 aliphatic heterocycles. The third kappa shape index (κ3) is 3.13. The van der Waals surface area contributed by atoms with E-state index >= 15 is 0 Å². The highest BCUT2D eigenvalue weighted by Crippen LogP contribution is 2.31. The van der Waals surface area contributed by atoms with E-state index in [1.54, 1.807) is 31.2 Å². The van der Waals surface area contributed by atoms with E-state index in [1.807, 2.05) is 0 Å². The van der Waals surface area contributed by atoms with Gasteiger partial charge in [0.1, 0.15) is 17.6 Å². The van der Waals surface area contributed by atoms with E-state index in [1.165, 1.54) is 0 Å². The number of benzene rings is 1. The van der Waals surface area contributed by atoms with Gasteiger partial charge in [-0.05, 0) is 50.3 Å². The van der Waals surface area contributed by atoms with Gasteiger partial charge < -0.3 is 10.6 Å². The SMILES string of the molecule is C[C@]1(c2ccc(Cl)cc2)NC(=O)N(CC(=O)NC2(C#N)CCCC2)C1=O. The zero-order chi connectivity index (χ0) is 18.9. The lowest BCUT2D eigenvalue weighted by Gasteiger charge is -2.24. The molecule has 1 saturated heterocycles. The molecule has 1 saturated carbocycles. The van der Waals surface area contributed by atoms with Crippen LogP contribution in [0, 0.1) is 11.3 Å². The molecule has 1 atom stereocenters. The lowest BCUT2D eigenvalue weighted by atomic mass is 9.92. The molecule has 3 rings (SSSR count). The molecule has 0 unspecified atom stereocenters. The molecule has 0 radical (unpaired) electrons. The molecular weight excluding hydrogens is 356 g/mol. The van der Waals surface area contributed by atoms with Crippen LogP contribution in [0.15, 0.2) is 24.3 Å². The fourth-order valence-corrected chi connectivity index (χ4v) is 3.64. The number of hydrogen-bond acceptors (Lipinski definition) is 4. The number of carbonyl (C=O) groups excluding carboxylic acids is 3. The van der Waals surface area contributed by atoms with Crippen molar-refractivity contribution in [3.63, 3.8) is 0 Å². The molecule has 4 amide bonds. The van der Waals surface area contributed by atoms with E-state index in [0.29, 0.717) is 23.4 Å². The first-order chi connectivity index (χ1) is 12.3. The van der Waals surface area contributed by atoms with Crippen molar-refractivity contribution in [1.29, 1.82) is 5.26 Å². The van der Waals surface area contributed by atoms with Gasteiger partial charge >= 0.3 is 6.03 Å². The summed E-state index contributed by atoms with van der Waals surface area (Å²) in [6.45, 7) is 1.17. The van der Waals surface area contributed by atoms with Gasteiger partial charge in [0.05, 0.1) is 6.07 Å². The van der Waals surface area contributed by atoms with Crippen LogP contribution in [0.3, 0.4) is 0 Å². The molecule has 1 aliphatic carbocycles. The molecule has 0 spiro atoms. The summed E-state index contributed by atoms with van der Waals surface area (Å²) in [5, 5.41) is 15.2. The number of carbonyl (C=O) groups is 3. The second-order valence-corrected chi connectivity index (χ2v) is 7.34. The summed E-state index contributed by atoms with van der Waals surface area (Å²) >= 11 is 5.87. The molecule has 2 N–H and O–H groups in total. The van der Waals surface area contributed by atoms with Crippen molar-refractivity contribution < 1.29 is 14.4 Å². The Balaban J connectivity index is 1.74. The lowest BCUT2D eigenvalue weighted by Crippen LogP contribution is -2.50. The van der Waals surface area contributed by atoms with Gasteiger partial charge in [-0.2, -0.15) is 5.26 Å². The molecule has 1 aromatic carbocycles. The van der Waals surface area contributed by atoms with E-state index in [0.717, 1.165) is 17.7 Å². The van der Waals surface area contributed by atoms with Gasteiger partial charge in [0, 0.05) is 5.02 Å². The number of amides is 4. The molecule has 0 aromatic heterocycles. The summed E-state index contributed by atoms with van der Waals surface area (Å²) in [5.41, 5.74) is -1.58. The summed E-state index contributed by atoms with van der Waals surface area (Å²) < 4.78 is 0. The van der Waals surface area contributed by atoms with Crippen molar-refractivity contribution in [2.24, 2.45) is 0 Å². The minimum absolute atomic E-state index is 0.419. The largest absolute Gasteiger partial charge is 0.336 e. The molecule has 7 nitrogen and oxygen atoms in total. The molecular formula is C18H19ClN4O3. The van der Waals surface area contributed by atoms with Crippen LogP contribution in [-0.4, -0.2) is 34.8 Å². The minimum Gasteiger partial charge on any atom is -0.336 e. The van der Waals surface area contributed by atoms with Gasteiger partial charge in [-0.25, -0.2) is 4.79 Å². The number of rotatable bonds is 4. The Hall–Kier alpha value is -2.59. The van der Waals surface area contributed by atoms with Gasteiger partial charge in [0.25, 0.3) is 5.91 Å². The molecule has 26 heavy (non-hydrogen) atoms. The van der Waals surface area contributed by atoms with Gasteiger partial charge in [-0.15, -0.1) is 0 Å². The summed E-state index contributed by atoms with van der Waals surface area (Å²) in [6, 6.07) is 8.10. The standard InChI is InChI=1S/C18H19ClN4O3/c1-17(12-4-6-13(19)7-5-12)15(25)23(16(26)22-17)10-14(24)21-18(11-20)8-2-3-9-18/h4-7H,2-3,8-10H2,1H3,(H,21,24)(H,22,26)/t17-/m1/s1. The maximum atomic E-state index is 12.8. The van der Waals surface area contributed by atoms with E-state index in [9.17, 15) is 19.6 Å². The number of nitriles is 1. The second-order valence-electron chi connectivity index (χ2n) is 6.90. The second kappa shape index (κ2) is 6.61. The van der Waals surface area contributed by atoms with Crippen LogP contribution in [0.25, 0.3) is 0 Å². The average Bonchev–Trinajstić information content (AvgIpc) is 3.15. The molecule has 1 aromatic rings. The third-order valence-corrected chi connectivity index (χ3v) is 5.30. The highest BCUT2D eigenvalue weighted by molar-refractivity contribution is 6.30. The van der Waals surface area contributed by atoms with Crippen molar-refractivity contribution in [3.8, 4) is 6.07 Å². The van der Waals surface area contributed by atoms with Crippen LogP contribution in [0.2, 0.25) is 5.02 Å². The first-order valence-corrected chi connectivity index (χ1v) is 8.80. The topological polar surface area (TPSA) is 102 Å². The van der Waals surface area contributed by atoms with Gasteiger partial charge in [0.15, 0.2) is 0 Å². The van der Waals surface area contributed by atoms with Crippen molar-refractivity contribution in [3.05, 3.63) is 34.9 Å². The van der Waals surface area contributed by atoms with Crippen LogP contribution in [-0.2, 0) is 15.1 Å². The number of hydrogen-bond donors (Lipinski definition) is 2. The fraction of sp³-hybridized carbons (Fsp3) is 0.444. The van der Waals surface area contributed by atoms with Crippen LogP contribution in [0.5, 0.6) is 0 Å². The van der Waals surface area contributed by atoms with Gasteiger partial charge in [0.2, 0.25) is 5.91 Å². The smallest absolute Gasteiger partial charge is 0.325 e. The highest BCUT2D eigenvalue weighted by atomic mass is 35.5. The minimum atomic E-state index is -1.26. The van der Waals surface area contributed by atoms with Crippen molar-refractivity contribution in [2.45, 2.75) is 43.7 Å². The maximum Gasteiger partial charge on any atom is 0.325 e. The van der Waals surface area contributed by atoms with Gasteiger partial charge in [-0.3, -0.25) is 14.5 Å². The highest BCUT2D eigenvalue weighted by Gasteiger charge is 2.49. The fourth-order valence-electron chi connectivity index (χ4n) is 3.51. The Bertz CT molecular complexity index is 796. The molecule has 0 bridgehead atoms. The summed E-state index contributed by atoms with van der Waals surface area (Å²) in [5.74, 6) is -1.03. The normalized spacial score (nSPS) is 24.3. The molecule has 8 heteroatoms. The summed E-state index contributed by atoms with van der Waals surface area (Å²) in [7, 11) is 0. The van der Waals surface area contributed by atoms with Crippen LogP contribution in [0.4, 0.5) is 4.79 Å². The summed E-state index contributed by atoms with van der Waals surface area (Å²) in [6.07, 6.45) is 2.90. The van der Waals surface area contributed by atoms with Crippen LogP contribution >= 0.6 is 11.6 Å². The number of halogens is 1. The van der Waals surface area contributed by atoms with E-state index in [4.69, 9.17) is 11.6 Å². The Morgan fingerprint density at radius 2 is 1.92 bits per heavy atom. The van der Waals surface area contributed by atoms with E-state index < -0.39 is 35.5 Å². The predicted molar refractivity (Wildman–Crippen MR) is 94.0 cm³/mol. The van der Waals surface area contributed by atoms with Gasteiger partial charge in [-0.1, -0.05) is 23.7 Å². The first-order valence-electron chi connectivity index (χ1n) is 8.42. The zero-order valence-corrected chi connectivity index (χ0v) is 15.1. The predicted octanol–water partition coefficient (Wildman–Crippen LogP) is 2.06. The summed E-state index contributed by atoms with van der Waals surface area (Å²) in [4.78, 5) is 38.3. The zero-order valence-electron chi connectivity index (χ0n) is 14.3. The van der Waals surface area contributed by atoms with E-state index in [-0.39, 0.29) is 0 Å². The Morgan fingerprint density at radius 1 is 1.31 bits per heavy atom. The van der Waals surface area contributed by atoms with Crippen molar-refractivity contribution >= 4 is 29.4 Å². The van der Waals surface area contributed by atoms with Crippen LogP contribution in [0.1, 0.15) is 38.2 Å².